The van der Waals surface area contributed by atoms with Gasteiger partial charge in [0.25, 0.3) is 0 Å². The molecule has 0 aliphatic carbocycles. The summed E-state index contributed by atoms with van der Waals surface area (Å²) in [7, 11) is 0. The van der Waals surface area contributed by atoms with E-state index < -0.39 is 0 Å². The molecule has 0 bridgehead atoms. The minimum absolute atomic E-state index is 0.259. The van der Waals surface area contributed by atoms with E-state index in [4.69, 9.17) is 4.74 Å². The van der Waals surface area contributed by atoms with Crippen LogP contribution in [0.5, 0.6) is 0 Å². The van der Waals surface area contributed by atoms with E-state index in [1.165, 1.54) is 11.1 Å². The van der Waals surface area contributed by atoms with Crippen molar-refractivity contribution in [1.29, 1.82) is 0 Å². The highest BCUT2D eigenvalue weighted by atomic mass is 16.5. The van der Waals surface area contributed by atoms with Crippen molar-refractivity contribution in [3.05, 3.63) is 23.3 Å². The Morgan fingerprint density at radius 1 is 1.53 bits per heavy atom. The number of carbonyl (C=O) groups excluding carboxylic acids is 1. The summed E-state index contributed by atoms with van der Waals surface area (Å²) in [4.78, 5) is 10.8. The summed E-state index contributed by atoms with van der Waals surface area (Å²) >= 11 is 0. The molecule has 0 aromatic carbocycles. The van der Waals surface area contributed by atoms with Crippen LogP contribution >= 0.6 is 0 Å². The van der Waals surface area contributed by atoms with Crippen LogP contribution in [-0.2, 0) is 9.53 Å². The van der Waals surface area contributed by atoms with Crippen LogP contribution in [0.1, 0.15) is 39.5 Å². The van der Waals surface area contributed by atoms with Gasteiger partial charge in [0.15, 0.2) is 0 Å². The molecule has 0 fully saturated rings. The van der Waals surface area contributed by atoms with Gasteiger partial charge in [0, 0.05) is 6.42 Å². The maximum Gasteiger partial charge on any atom is 0.130 e. The van der Waals surface area contributed by atoms with Gasteiger partial charge in [-0.05, 0) is 38.7 Å². The standard InChI is InChI=1S/C13H20O2/c1-11-5-3-7-13(10-15-9-11)8-4-6-12(2)14/h5,8H,3-4,6-7,9-10H2,1-2H3/b11-5-,13-8-. The van der Waals surface area contributed by atoms with Gasteiger partial charge in [-0.2, -0.15) is 0 Å². The van der Waals surface area contributed by atoms with E-state index in [2.05, 4.69) is 19.1 Å². The Kier molecular flexibility index (Phi) is 5.33. The second kappa shape index (κ2) is 6.57. The summed E-state index contributed by atoms with van der Waals surface area (Å²) in [6, 6.07) is 0. The number of Topliss-reactive ketones (excluding diaryl/α,β-unsaturated/α-hetero) is 1. The van der Waals surface area contributed by atoms with Crippen molar-refractivity contribution in [2.24, 2.45) is 0 Å². The quantitative estimate of drug-likeness (QED) is 0.666. The first-order valence-corrected chi connectivity index (χ1v) is 5.59. The van der Waals surface area contributed by atoms with E-state index >= 15 is 0 Å². The van der Waals surface area contributed by atoms with Gasteiger partial charge in [-0.1, -0.05) is 17.7 Å². The van der Waals surface area contributed by atoms with Crippen molar-refractivity contribution in [3.63, 3.8) is 0 Å². The second-order valence-electron chi connectivity index (χ2n) is 4.19. The minimum Gasteiger partial charge on any atom is -0.373 e. The molecule has 1 rings (SSSR count). The molecular weight excluding hydrogens is 188 g/mol. The molecule has 0 atom stereocenters. The van der Waals surface area contributed by atoms with E-state index in [-0.39, 0.29) is 5.78 Å². The lowest BCUT2D eigenvalue weighted by Crippen LogP contribution is -2.04. The van der Waals surface area contributed by atoms with Crippen LogP contribution in [0.25, 0.3) is 0 Å². The highest BCUT2D eigenvalue weighted by molar-refractivity contribution is 5.75. The first-order chi connectivity index (χ1) is 7.18. The Bertz CT molecular complexity index is 274. The number of ketones is 1. The summed E-state index contributed by atoms with van der Waals surface area (Å²) in [6.07, 6.45) is 8.07. The van der Waals surface area contributed by atoms with Gasteiger partial charge < -0.3 is 9.53 Å². The lowest BCUT2D eigenvalue weighted by molar-refractivity contribution is -0.116. The minimum atomic E-state index is 0.259. The fourth-order valence-electron chi connectivity index (χ4n) is 1.62. The van der Waals surface area contributed by atoms with Crippen molar-refractivity contribution in [2.45, 2.75) is 39.5 Å². The number of rotatable bonds is 3. The maximum absolute atomic E-state index is 10.8. The monoisotopic (exact) mass is 208 g/mol. The zero-order valence-electron chi connectivity index (χ0n) is 9.71. The second-order valence-corrected chi connectivity index (χ2v) is 4.19. The average Bonchev–Trinajstić information content (AvgIpc) is 2.13. The Morgan fingerprint density at radius 3 is 3.07 bits per heavy atom. The fourth-order valence-corrected chi connectivity index (χ4v) is 1.62. The van der Waals surface area contributed by atoms with Crippen molar-refractivity contribution in [1.82, 2.24) is 0 Å². The van der Waals surface area contributed by atoms with E-state index in [0.717, 1.165) is 32.5 Å². The highest BCUT2D eigenvalue weighted by Crippen LogP contribution is 2.13. The van der Waals surface area contributed by atoms with E-state index in [0.29, 0.717) is 6.42 Å². The highest BCUT2D eigenvalue weighted by Gasteiger charge is 2.02. The van der Waals surface area contributed by atoms with Crippen LogP contribution in [0.2, 0.25) is 0 Å². The Hall–Kier alpha value is -0.890. The largest absolute Gasteiger partial charge is 0.373 e. The Labute approximate surface area is 92.0 Å². The molecule has 0 aromatic heterocycles. The SMILES string of the molecule is CC(=O)CC/C=C1/CC/C=C(/C)COC1. The van der Waals surface area contributed by atoms with E-state index in [9.17, 15) is 4.79 Å². The molecule has 0 saturated carbocycles. The van der Waals surface area contributed by atoms with Crippen molar-refractivity contribution >= 4 is 5.78 Å². The van der Waals surface area contributed by atoms with Crippen LogP contribution in [-0.4, -0.2) is 19.0 Å². The van der Waals surface area contributed by atoms with Gasteiger partial charge in [0.2, 0.25) is 0 Å². The first kappa shape index (κ1) is 12.2. The van der Waals surface area contributed by atoms with E-state index in [1.54, 1.807) is 6.92 Å². The van der Waals surface area contributed by atoms with Crippen LogP contribution in [0.4, 0.5) is 0 Å². The first-order valence-electron chi connectivity index (χ1n) is 5.59. The third-order valence-corrected chi connectivity index (χ3v) is 2.50. The third kappa shape index (κ3) is 5.53. The molecule has 0 radical (unpaired) electrons. The maximum atomic E-state index is 10.8. The Morgan fingerprint density at radius 2 is 2.33 bits per heavy atom. The molecule has 0 aromatic rings. The number of carbonyl (C=O) groups is 1. The smallest absolute Gasteiger partial charge is 0.130 e. The molecule has 84 valence electrons. The molecule has 0 spiro atoms. The van der Waals surface area contributed by atoms with Crippen molar-refractivity contribution in [3.8, 4) is 0 Å². The predicted octanol–water partition coefficient (Wildman–Crippen LogP) is 3.04. The summed E-state index contributed by atoms with van der Waals surface area (Å²) in [5, 5.41) is 0. The number of ether oxygens (including phenoxy) is 1. The van der Waals surface area contributed by atoms with Crippen LogP contribution < -0.4 is 0 Å². The molecule has 1 aliphatic heterocycles. The molecule has 0 saturated heterocycles. The van der Waals surface area contributed by atoms with Gasteiger partial charge in [0.05, 0.1) is 13.2 Å². The number of hydrogen-bond acceptors (Lipinski definition) is 2. The third-order valence-electron chi connectivity index (χ3n) is 2.50. The molecule has 15 heavy (non-hydrogen) atoms. The number of allylic oxidation sites excluding steroid dienone is 2. The van der Waals surface area contributed by atoms with Gasteiger partial charge in [0.1, 0.15) is 5.78 Å². The molecule has 2 nitrogen and oxygen atoms in total. The van der Waals surface area contributed by atoms with Crippen molar-refractivity contribution < 1.29 is 9.53 Å². The molecule has 1 heterocycles. The van der Waals surface area contributed by atoms with Gasteiger partial charge in [-0.25, -0.2) is 0 Å². The molecule has 0 N–H and O–H groups in total. The molecule has 1 aliphatic rings. The molecule has 0 unspecified atom stereocenters. The van der Waals surface area contributed by atoms with E-state index in [1.807, 2.05) is 0 Å². The van der Waals surface area contributed by atoms with Gasteiger partial charge in [-0.15, -0.1) is 0 Å². The average molecular weight is 208 g/mol. The molecule has 0 amide bonds. The summed E-state index contributed by atoms with van der Waals surface area (Å²) in [6.45, 7) is 5.21. The fraction of sp³-hybridized carbons (Fsp3) is 0.615. The van der Waals surface area contributed by atoms with Gasteiger partial charge >= 0.3 is 0 Å². The summed E-state index contributed by atoms with van der Waals surface area (Å²) < 4.78 is 5.54. The van der Waals surface area contributed by atoms with Crippen LogP contribution in [0.15, 0.2) is 23.3 Å². The topological polar surface area (TPSA) is 26.3 Å². The van der Waals surface area contributed by atoms with Crippen LogP contribution in [0.3, 0.4) is 0 Å². The summed E-state index contributed by atoms with van der Waals surface area (Å²) in [5.41, 5.74) is 2.65. The summed E-state index contributed by atoms with van der Waals surface area (Å²) in [5.74, 6) is 0.259. The van der Waals surface area contributed by atoms with Gasteiger partial charge in [-0.3, -0.25) is 0 Å². The molecule has 2 heteroatoms. The van der Waals surface area contributed by atoms with Crippen molar-refractivity contribution in [2.75, 3.05) is 13.2 Å². The zero-order valence-corrected chi connectivity index (χ0v) is 9.71. The predicted molar refractivity (Wildman–Crippen MR) is 61.8 cm³/mol. The van der Waals surface area contributed by atoms with Crippen LogP contribution in [0, 0.1) is 0 Å². The zero-order chi connectivity index (χ0) is 11.1. The lowest BCUT2D eigenvalue weighted by Gasteiger charge is -2.12. The normalized spacial score (nSPS) is 24.1. The lowest BCUT2D eigenvalue weighted by atomic mass is 10.1. The Balaban J connectivity index is 2.38. The molecular formula is C13H20O2. The number of hydrogen-bond donors (Lipinski definition) is 0.